The number of fused-ring (bicyclic) bond motifs is 2. The van der Waals surface area contributed by atoms with E-state index in [0.29, 0.717) is 12.2 Å². The molecule has 2 amide bonds. The van der Waals surface area contributed by atoms with Crippen molar-refractivity contribution in [2.45, 2.75) is 57.1 Å². The fourth-order valence-corrected chi connectivity index (χ4v) is 3.19. The minimum Gasteiger partial charge on any atom is -0.444 e. The van der Waals surface area contributed by atoms with Crippen molar-refractivity contribution < 1.29 is 14.3 Å². The average molecular weight is 317 g/mol. The number of anilines is 1. The molecule has 1 aromatic heterocycles. The summed E-state index contributed by atoms with van der Waals surface area (Å²) >= 11 is 0. The average Bonchev–Trinajstić information content (AvgIpc) is 3.24. The number of ether oxygens (including phenoxy) is 1. The summed E-state index contributed by atoms with van der Waals surface area (Å²) in [7, 11) is 1.71. The topological polar surface area (TPSA) is 71.5 Å². The summed E-state index contributed by atoms with van der Waals surface area (Å²) < 4.78 is 5.29. The molecule has 0 radical (unpaired) electrons. The Morgan fingerprint density at radius 2 is 2.13 bits per heavy atom. The van der Waals surface area contributed by atoms with Crippen LogP contribution in [-0.4, -0.2) is 35.7 Å². The van der Waals surface area contributed by atoms with Gasteiger partial charge in [0.25, 0.3) is 5.91 Å². The van der Waals surface area contributed by atoms with Crippen molar-refractivity contribution in [1.29, 1.82) is 0 Å². The molecule has 1 saturated carbocycles. The number of alkyl carbamates (subject to hydrolysis) is 1. The lowest BCUT2D eigenvalue weighted by atomic mass is 9.90. The molecule has 0 aromatic carbocycles. The Balaban J connectivity index is 1.85. The van der Waals surface area contributed by atoms with E-state index in [1.165, 1.54) is 0 Å². The van der Waals surface area contributed by atoms with Gasteiger partial charge in [-0.25, -0.2) is 9.78 Å². The molecule has 1 N–H and O–H groups in total. The number of likely N-dealkylation sites (N-methyl/N-ethyl adjacent to an activating group) is 1. The third kappa shape index (κ3) is 3.02. The van der Waals surface area contributed by atoms with Crippen LogP contribution < -0.4 is 10.2 Å². The number of aromatic nitrogens is 1. The number of carbonyl (C=O) groups is 2. The van der Waals surface area contributed by atoms with Gasteiger partial charge in [0.1, 0.15) is 17.5 Å². The highest BCUT2D eigenvalue weighted by Crippen LogP contribution is 2.55. The highest BCUT2D eigenvalue weighted by atomic mass is 16.6. The number of rotatable bonds is 1. The SMILES string of the molecule is CN1C(=O)C(NC(=O)OC(C)(C)C)CC2(CC2)c2cccnc21. The van der Waals surface area contributed by atoms with E-state index in [1.54, 1.807) is 38.9 Å². The van der Waals surface area contributed by atoms with Crippen LogP contribution in [0, 0.1) is 0 Å². The van der Waals surface area contributed by atoms with Gasteiger partial charge in [-0.1, -0.05) is 6.07 Å². The molecule has 1 spiro atoms. The number of hydrogen-bond donors (Lipinski definition) is 1. The fourth-order valence-electron chi connectivity index (χ4n) is 3.19. The van der Waals surface area contributed by atoms with E-state index in [0.717, 1.165) is 18.4 Å². The second-order valence-electron chi connectivity index (χ2n) is 7.46. The summed E-state index contributed by atoms with van der Waals surface area (Å²) in [6.45, 7) is 5.40. The molecule has 124 valence electrons. The quantitative estimate of drug-likeness (QED) is 0.863. The number of hydrogen-bond acceptors (Lipinski definition) is 4. The molecule has 6 heteroatoms. The van der Waals surface area contributed by atoms with E-state index in [2.05, 4.69) is 10.3 Å². The zero-order valence-electron chi connectivity index (χ0n) is 14.0. The zero-order valence-corrected chi connectivity index (χ0v) is 14.0. The highest BCUT2D eigenvalue weighted by molar-refractivity contribution is 5.99. The predicted molar refractivity (Wildman–Crippen MR) is 86.3 cm³/mol. The Labute approximate surface area is 136 Å². The van der Waals surface area contributed by atoms with Gasteiger partial charge in [0.05, 0.1) is 0 Å². The summed E-state index contributed by atoms with van der Waals surface area (Å²) in [5.41, 5.74) is 0.458. The first kappa shape index (κ1) is 15.8. The minimum atomic E-state index is -0.592. The Hall–Kier alpha value is -2.11. The zero-order chi connectivity index (χ0) is 16.8. The summed E-state index contributed by atoms with van der Waals surface area (Å²) in [5, 5.41) is 2.75. The number of carbonyl (C=O) groups excluding carboxylic acids is 2. The van der Waals surface area contributed by atoms with Crippen molar-refractivity contribution >= 4 is 17.8 Å². The summed E-state index contributed by atoms with van der Waals surface area (Å²) in [4.78, 5) is 30.7. The largest absolute Gasteiger partial charge is 0.444 e. The van der Waals surface area contributed by atoms with Crippen molar-refractivity contribution in [1.82, 2.24) is 10.3 Å². The van der Waals surface area contributed by atoms with E-state index in [1.807, 2.05) is 12.1 Å². The fraction of sp³-hybridized carbons (Fsp3) is 0.588. The Morgan fingerprint density at radius 3 is 2.74 bits per heavy atom. The van der Waals surface area contributed by atoms with E-state index in [9.17, 15) is 9.59 Å². The van der Waals surface area contributed by atoms with E-state index in [4.69, 9.17) is 4.74 Å². The second kappa shape index (κ2) is 5.22. The van der Waals surface area contributed by atoms with Gasteiger partial charge in [0, 0.05) is 24.2 Å². The minimum absolute atomic E-state index is 0.0519. The Morgan fingerprint density at radius 1 is 1.43 bits per heavy atom. The van der Waals surface area contributed by atoms with Crippen molar-refractivity contribution in [2.75, 3.05) is 11.9 Å². The van der Waals surface area contributed by atoms with E-state index in [-0.39, 0.29) is 11.3 Å². The van der Waals surface area contributed by atoms with Gasteiger partial charge >= 0.3 is 6.09 Å². The molecule has 0 bridgehead atoms. The number of nitrogens with one attached hydrogen (secondary N) is 1. The van der Waals surface area contributed by atoms with Gasteiger partial charge in [0.15, 0.2) is 0 Å². The lowest BCUT2D eigenvalue weighted by Gasteiger charge is -2.24. The van der Waals surface area contributed by atoms with Gasteiger partial charge < -0.3 is 10.1 Å². The molecule has 1 fully saturated rings. The van der Waals surface area contributed by atoms with Gasteiger partial charge in [0.2, 0.25) is 0 Å². The van der Waals surface area contributed by atoms with Crippen LogP contribution in [0.1, 0.15) is 45.6 Å². The maximum atomic E-state index is 12.7. The first-order valence-electron chi connectivity index (χ1n) is 7.94. The van der Waals surface area contributed by atoms with Crippen LogP contribution in [0.5, 0.6) is 0 Å². The maximum absolute atomic E-state index is 12.7. The van der Waals surface area contributed by atoms with Gasteiger partial charge in [-0.15, -0.1) is 0 Å². The summed E-state index contributed by atoms with van der Waals surface area (Å²) in [5.74, 6) is 0.545. The van der Waals surface area contributed by atoms with Crippen LogP contribution in [-0.2, 0) is 14.9 Å². The summed E-state index contributed by atoms with van der Waals surface area (Å²) in [6.07, 6.45) is 3.76. The molecule has 23 heavy (non-hydrogen) atoms. The van der Waals surface area contributed by atoms with Crippen LogP contribution in [0.4, 0.5) is 10.6 Å². The molecule has 3 rings (SSSR count). The second-order valence-corrected chi connectivity index (χ2v) is 7.46. The van der Waals surface area contributed by atoms with Crippen LogP contribution in [0.3, 0.4) is 0 Å². The van der Waals surface area contributed by atoms with Crippen molar-refractivity contribution in [3.8, 4) is 0 Å². The molecule has 2 heterocycles. The van der Waals surface area contributed by atoms with Crippen molar-refractivity contribution in [3.63, 3.8) is 0 Å². The third-order valence-corrected chi connectivity index (χ3v) is 4.44. The molecule has 1 unspecified atom stereocenters. The Bertz CT molecular complexity index is 647. The van der Waals surface area contributed by atoms with E-state index >= 15 is 0 Å². The number of pyridine rings is 1. The Kier molecular flexibility index (Phi) is 3.58. The normalized spacial score (nSPS) is 22.3. The van der Waals surface area contributed by atoms with Gasteiger partial charge in [-0.05, 0) is 46.1 Å². The van der Waals surface area contributed by atoms with Crippen LogP contribution in [0.15, 0.2) is 18.3 Å². The van der Waals surface area contributed by atoms with Crippen LogP contribution in [0.25, 0.3) is 0 Å². The van der Waals surface area contributed by atoms with Gasteiger partial charge in [-0.3, -0.25) is 9.69 Å². The summed E-state index contributed by atoms with van der Waals surface area (Å²) in [6, 6.07) is 3.35. The maximum Gasteiger partial charge on any atom is 0.408 e. The standard InChI is InChI=1S/C17H23N3O3/c1-16(2,3)23-15(22)19-12-10-17(7-8-17)11-6-5-9-18-13(11)20(4)14(12)21/h5-6,9,12H,7-8,10H2,1-4H3,(H,19,22). The van der Waals surface area contributed by atoms with Gasteiger partial charge in [-0.2, -0.15) is 0 Å². The highest BCUT2D eigenvalue weighted by Gasteiger charge is 2.52. The third-order valence-electron chi connectivity index (χ3n) is 4.44. The van der Waals surface area contributed by atoms with Crippen molar-refractivity contribution in [2.24, 2.45) is 0 Å². The first-order valence-corrected chi connectivity index (χ1v) is 7.94. The molecule has 2 aliphatic rings. The van der Waals surface area contributed by atoms with Crippen LogP contribution >= 0.6 is 0 Å². The van der Waals surface area contributed by atoms with Crippen molar-refractivity contribution in [3.05, 3.63) is 23.9 Å². The molecular formula is C17H23N3O3. The smallest absolute Gasteiger partial charge is 0.408 e. The lowest BCUT2D eigenvalue weighted by Crippen LogP contribution is -2.48. The molecular weight excluding hydrogens is 294 g/mol. The first-order chi connectivity index (χ1) is 10.7. The molecule has 1 aliphatic heterocycles. The molecule has 1 aromatic rings. The van der Waals surface area contributed by atoms with E-state index < -0.39 is 17.7 Å². The van der Waals surface area contributed by atoms with Crippen LogP contribution in [0.2, 0.25) is 0 Å². The molecule has 6 nitrogen and oxygen atoms in total. The predicted octanol–water partition coefficient (Wildman–Crippen LogP) is 2.37. The molecule has 1 atom stereocenters. The lowest BCUT2D eigenvalue weighted by molar-refractivity contribution is -0.120. The number of amides is 2. The molecule has 0 saturated heterocycles. The number of nitrogens with zero attached hydrogens (tertiary/aromatic N) is 2. The monoisotopic (exact) mass is 317 g/mol. The molecule has 1 aliphatic carbocycles.